The second kappa shape index (κ2) is 5.52. The van der Waals surface area contributed by atoms with Crippen LogP contribution in [0.5, 0.6) is 0 Å². The second-order valence-electron chi connectivity index (χ2n) is 4.71. The van der Waals surface area contributed by atoms with Crippen LogP contribution in [0.1, 0.15) is 18.7 Å². The van der Waals surface area contributed by atoms with Gasteiger partial charge in [0.05, 0.1) is 16.8 Å². The summed E-state index contributed by atoms with van der Waals surface area (Å²) in [4.78, 5) is 4.79. The Kier molecular flexibility index (Phi) is 4.25. The Morgan fingerprint density at radius 2 is 2.35 bits per heavy atom. The first-order valence-corrected chi connectivity index (χ1v) is 6.80. The van der Waals surface area contributed by atoms with Crippen molar-refractivity contribution >= 4 is 15.9 Å². The number of rotatable bonds is 3. The standard InChI is InChI=1S/C12H20BrN3O/c1-9-8-16(5-4-15(9)2)11(7-14)12-10(13)3-6-17-12/h3,6,9,11H,4-5,7-8,14H2,1-2H3. The first-order chi connectivity index (χ1) is 8.13. The molecule has 2 heterocycles. The molecule has 0 radical (unpaired) electrons. The maximum atomic E-state index is 5.91. The Morgan fingerprint density at radius 3 is 2.88 bits per heavy atom. The van der Waals surface area contributed by atoms with Crippen LogP contribution >= 0.6 is 15.9 Å². The molecule has 1 aliphatic heterocycles. The van der Waals surface area contributed by atoms with Gasteiger partial charge in [-0.1, -0.05) is 0 Å². The lowest BCUT2D eigenvalue weighted by atomic mass is 10.1. The summed E-state index contributed by atoms with van der Waals surface area (Å²) in [6, 6.07) is 2.67. The Balaban J connectivity index is 2.12. The monoisotopic (exact) mass is 301 g/mol. The smallest absolute Gasteiger partial charge is 0.136 e. The SMILES string of the molecule is CC1CN(C(CN)c2occc2Br)CCN1C. The van der Waals surface area contributed by atoms with E-state index in [0.29, 0.717) is 12.6 Å². The van der Waals surface area contributed by atoms with E-state index in [1.165, 1.54) is 0 Å². The maximum Gasteiger partial charge on any atom is 0.136 e. The van der Waals surface area contributed by atoms with Crippen LogP contribution in [0.3, 0.4) is 0 Å². The zero-order valence-electron chi connectivity index (χ0n) is 10.4. The molecule has 2 N–H and O–H groups in total. The minimum absolute atomic E-state index is 0.176. The van der Waals surface area contributed by atoms with Gasteiger partial charge in [0.2, 0.25) is 0 Å². The number of hydrogen-bond donors (Lipinski definition) is 1. The maximum absolute atomic E-state index is 5.91. The van der Waals surface area contributed by atoms with Crippen LogP contribution in [0.15, 0.2) is 21.2 Å². The molecule has 0 aliphatic carbocycles. The quantitative estimate of drug-likeness (QED) is 0.923. The first kappa shape index (κ1) is 13.1. The third kappa shape index (κ3) is 2.73. The molecule has 1 aromatic heterocycles. The summed E-state index contributed by atoms with van der Waals surface area (Å²) >= 11 is 3.51. The molecule has 5 heteroatoms. The highest BCUT2D eigenvalue weighted by Gasteiger charge is 2.29. The van der Waals surface area contributed by atoms with Gasteiger partial charge in [0, 0.05) is 32.2 Å². The van der Waals surface area contributed by atoms with E-state index in [2.05, 4.69) is 39.7 Å². The summed E-state index contributed by atoms with van der Waals surface area (Å²) in [6.07, 6.45) is 1.71. The van der Waals surface area contributed by atoms with Gasteiger partial charge in [-0.2, -0.15) is 0 Å². The number of likely N-dealkylation sites (N-methyl/N-ethyl adjacent to an activating group) is 1. The van der Waals surface area contributed by atoms with Gasteiger partial charge in [-0.05, 0) is 36.0 Å². The zero-order chi connectivity index (χ0) is 12.4. The van der Waals surface area contributed by atoms with Crippen molar-refractivity contribution in [3.8, 4) is 0 Å². The van der Waals surface area contributed by atoms with Crippen LogP contribution in [0.4, 0.5) is 0 Å². The Bertz CT molecular complexity index is 368. The van der Waals surface area contributed by atoms with Crippen molar-refractivity contribution in [3.63, 3.8) is 0 Å². The van der Waals surface area contributed by atoms with Crippen molar-refractivity contribution in [1.29, 1.82) is 0 Å². The molecular weight excluding hydrogens is 282 g/mol. The predicted octanol–water partition coefficient (Wildman–Crippen LogP) is 1.68. The lowest BCUT2D eigenvalue weighted by Gasteiger charge is -2.40. The molecule has 4 nitrogen and oxygen atoms in total. The van der Waals surface area contributed by atoms with Gasteiger partial charge in [0.15, 0.2) is 0 Å². The normalized spacial score (nSPS) is 25.1. The lowest BCUT2D eigenvalue weighted by Crippen LogP contribution is -2.52. The van der Waals surface area contributed by atoms with Gasteiger partial charge in [-0.15, -0.1) is 0 Å². The van der Waals surface area contributed by atoms with E-state index in [0.717, 1.165) is 29.9 Å². The topological polar surface area (TPSA) is 45.6 Å². The van der Waals surface area contributed by atoms with E-state index in [4.69, 9.17) is 10.2 Å². The Morgan fingerprint density at radius 1 is 1.59 bits per heavy atom. The molecule has 2 atom stereocenters. The summed E-state index contributed by atoms with van der Waals surface area (Å²) in [5.41, 5.74) is 5.91. The molecule has 0 spiro atoms. The van der Waals surface area contributed by atoms with Gasteiger partial charge < -0.3 is 15.1 Å². The van der Waals surface area contributed by atoms with Crippen LogP contribution in [0.25, 0.3) is 0 Å². The predicted molar refractivity (Wildman–Crippen MR) is 71.9 cm³/mol. The fraction of sp³-hybridized carbons (Fsp3) is 0.667. The summed E-state index contributed by atoms with van der Waals surface area (Å²) in [7, 11) is 2.17. The molecule has 1 fully saturated rings. The Labute approximate surface area is 111 Å². The van der Waals surface area contributed by atoms with Crippen LogP contribution in [-0.4, -0.2) is 49.1 Å². The molecule has 1 aromatic rings. The van der Waals surface area contributed by atoms with Crippen molar-refractivity contribution < 1.29 is 4.42 Å². The molecule has 0 saturated carbocycles. The van der Waals surface area contributed by atoms with Crippen molar-refractivity contribution in [1.82, 2.24) is 9.80 Å². The average Bonchev–Trinajstić information content (AvgIpc) is 2.71. The zero-order valence-corrected chi connectivity index (χ0v) is 12.0. The van der Waals surface area contributed by atoms with Gasteiger partial charge in [-0.25, -0.2) is 0 Å². The third-order valence-electron chi connectivity index (χ3n) is 3.60. The molecule has 96 valence electrons. The van der Waals surface area contributed by atoms with E-state index >= 15 is 0 Å². The van der Waals surface area contributed by atoms with Crippen LogP contribution in [0.2, 0.25) is 0 Å². The molecule has 0 bridgehead atoms. The van der Waals surface area contributed by atoms with Crippen molar-refractivity contribution in [3.05, 3.63) is 22.6 Å². The van der Waals surface area contributed by atoms with Crippen molar-refractivity contribution in [2.75, 3.05) is 33.2 Å². The van der Waals surface area contributed by atoms with Crippen LogP contribution in [-0.2, 0) is 0 Å². The number of hydrogen-bond acceptors (Lipinski definition) is 4. The second-order valence-corrected chi connectivity index (χ2v) is 5.56. The summed E-state index contributed by atoms with van der Waals surface area (Å²) in [5, 5.41) is 0. The van der Waals surface area contributed by atoms with Crippen molar-refractivity contribution in [2.24, 2.45) is 5.73 Å². The molecule has 2 unspecified atom stereocenters. The van der Waals surface area contributed by atoms with Crippen LogP contribution in [0, 0.1) is 0 Å². The summed E-state index contributed by atoms with van der Waals surface area (Å²) in [5.74, 6) is 0.948. The van der Waals surface area contributed by atoms with Crippen LogP contribution < -0.4 is 5.73 Å². The summed E-state index contributed by atoms with van der Waals surface area (Å²) in [6.45, 7) is 5.98. The molecule has 0 amide bonds. The number of halogens is 1. The number of piperazine rings is 1. The van der Waals surface area contributed by atoms with E-state index in [1.54, 1.807) is 6.26 Å². The number of nitrogens with zero attached hydrogens (tertiary/aromatic N) is 2. The number of nitrogens with two attached hydrogens (primary N) is 1. The fourth-order valence-electron chi connectivity index (χ4n) is 2.32. The molecule has 0 aromatic carbocycles. The fourth-order valence-corrected chi connectivity index (χ4v) is 2.79. The minimum atomic E-state index is 0.176. The average molecular weight is 302 g/mol. The number of furan rings is 1. The van der Waals surface area contributed by atoms with Gasteiger partial charge in [0.25, 0.3) is 0 Å². The van der Waals surface area contributed by atoms with Gasteiger partial charge >= 0.3 is 0 Å². The van der Waals surface area contributed by atoms with E-state index < -0.39 is 0 Å². The lowest BCUT2D eigenvalue weighted by molar-refractivity contribution is 0.0662. The van der Waals surface area contributed by atoms with E-state index in [9.17, 15) is 0 Å². The van der Waals surface area contributed by atoms with Gasteiger partial charge in [0.1, 0.15) is 5.76 Å². The molecular formula is C12H20BrN3O. The Hall–Kier alpha value is -0.360. The van der Waals surface area contributed by atoms with Crippen molar-refractivity contribution in [2.45, 2.75) is 19.0 Å². The van der Waals surface area contributed by atoms with Gasteiger partial charge in [-0.3, -0.25) is 4.90 Å². The van der Waals surface area contributed by atoms with E-state index in [-0.39, 0.29) is 6.04 Å². The molecule has 17 heavy (non-hydrogen) atoms. The largest absolute Gasteiger partial charge is 0.466 e. The highest BCUT2D eigenvalue weighted by atomic mass is 79.9. The minimum Gasteiger partial charge on any atom is -0.466 e. The molecule has 2 rings (SSSR count). The molecule has 1 aliphatic rings. The highest BCUT2D eigenvalue weighted by molar-refractivity contribution is 9.10. The summed E-state index contributed by atoms with van der Waals surface area (Å²) < 4.78 is 6.56. The highest BCUT2D eigenvalue weighted by Crippen LogP contribution is 2.29. The third-order valence-corrected chi connectivity index (χ3v) is 4.26. The molecule has 1 saturated heterocycles. The first-order valence-electron chi connectivity index (χ1n) is 6.00. The van der Waals surface area contributed by atoms with E-state index in [1.807, 2.05) is 6.07 Å².